The molecule has 1 spiro atoms. The third-order valence-corrected chi connectivity index (χ3v) is 12.4. The maximum absolute atomic E-state index is 15.2. The van der Waals surface area contributed by atoms with Gasteiger partial charge < -0.3 is 24.5 Å². The smallest absolute Gasteiger partial charge is 0.247 e. The molecular weight excluding hydrogens is 611 g/mol. The lowest BCUT2D eigenvalue weighted by Gasteiger charge is -2.48. The van der Waals surface area contributed by atoms with Crippen molar-refractivity contribution < 1.29 is 24.2 Å². The second kappa shape index (κ2) is 14.0. The molecule has 3 heterocycles. The Morgan fingerprint density at radius 1 is 1.11 bits per heavy atom. The van der Waals surface area contributed by atoms with Gasteiger partial charge in [-0.2, -0.15) is 0 Å². The molecule has 0 saturated carbocycles. The highest BCUT2D eigenvalue weighted by Crippen LogP contribution is 2.69. The van der Waals surface area contributed by atoms with Crippen LogP contribution in [0.1, 0.15) is 75.2 Å². The molecule has 1 aromatic carbocycles. The van der Waals surface area contributed by atoms with Gasteiger partial charge in [0.05, 0.1) is 35.8 Å². The molecule has 1 N–H and O–H groups in total. The van der Waals surface area contributed by atoms with Crippen LogP contribution < -0.4 is 9.64 Å². The number of thioether (sulfide) groups is 1. The van der Waals surface area contributed by atoms with E-state index in [1.54, 1.807) is 33.7 Å². The molecule has 4 rings (SSSR count). The summed E-state index contributed by atoms with van der Waals surface area (Å²) < 4.78 is 4.82. The molecule has 3 amide bonds. The number of rotatable bonds is 14. The second-order valence-electron chi connectivity index (χ2n) is 15.7. The zero-order chi connectivity index (χ0) is 35.1. The zero-order valence-corrected chi connectivity index (χ0v) is 30.8. The minimum absolute atomic E-state index is 0.00981. The summed E-state index contributed by atoms with van der Waals surface area (Å²) in [6.07, 6.45) is 4.93. The van der Waals surface area contributed by atoms with E-state index < -0.39 is 34.2 Å². The van der Waals surface area contributed by atoms with Gasteiger partial charge >= 0.3 is 0 Å². The Bertz CT molecular complexity index is 1340. The van der Waals surface area contributed by atoms with Crippen LogP contribution in [-0.4, -0.2) is 86.6 Å². The third kappa shape index (κ3) is 6.63. The molecule has 0 aromatic heterocycles. The number of hydrogen-bond acceptors (Lipinski definition) is 6. The Hall–Kier alpha value is -2.78. The van der Waals surface area contributed by atoms with Crippen LogP contribution in [0.2, 0.25) is 0 Å². The van der Waals surface area contributed by atoms with E-state index in [-0.39, 0.29) is 53.4 Å². The van der Waals surface area contributed by atoms with Crippen molar-refractivity contribution in [1.29, 1.82) is 0 Å². The van der Waals surface area contributed by atoms with Crippen LogP contribution >= 0.6 is 11.8 Å². The third-order valence-electron chi connectivity index (χ3n) is 10.3. The van der Waals surface area contributed by atoms with Crippen LogP contribution in [0.4, 0.5) is 5.69 Å². The summed E-state index contributed by atoms with van der Waals surface area (Å²) >= 11 is 1.67. The number of ether oxygens (including phenoxy) is 1. The molecule has 8 nitrogen and oxygen atoms in total. The summed E-state index contributed by atoms with van der Waals surface area (Å²) in [4.78, 5) is 50.2. The summed E-state index contributed by atoms with van der Waals surface area (Å²) in [5.74, 6) is -1.14. The molecule has 3 saturated heterocycles. The maximum atomic E-state index is 15.2. The number of benzene rings is 1. The molecule has 3 aliphatic heterocycles. The number of anilines is 1. The first-order chi connectivity index (χ1) is 22.0. The van der Waals surface area contributed by atoms with Gasteiger partial charge in [-0.15, -0.1) is 24.9 Å². The number of aliphatic hydroxyl groups excluding tert-OH is 1. The van der Waals surface area contributed by atoms with E-state index in [9.17, 15) is 14.7 Å². The number of nitrogens with zero attached hydrogens (tertiary/aromatic N) is 3. The molecular formula is C38H57N3O5S. The van der Waals surface area contributed by atoms with E-state index >= 15 is 4.79 Å². The van der Waals surface area contributed by atoms with Gasteiger partial charge in [0.1, 0.15) is 11.8 Å². The van der Waals surface area contributed by atoms with E-state index in [0.717, 1.165) is 18.6 Å². The highest BCUT2D eigenvalue weighted by molar-refractivity contribution is 8.02. The van der Waals surface area contributed by atoms with Crippen LogP contribution in [0, 0.1) is 29.1 Å². The number of amides is 3. The fourth-order valence-corrected chi connectivity index (χ4v) is 11.2. The fraction of sp³-hybridized carbons (Fsp3) is 0.658. The van der Waals surface area contributed by atoms with Gasteiger partial charge in [0.2, 0.25) is 17.7 Å². The van der Waals surface area contributed by atoms with E-state index in [1.165, 1.54) is 0 Å². The van der Waals surface area contributed by atoms with Crippen molar-refractivity contribution in [3.05, 3.63) is 49.6 Å². The van der Waals surface area contributed by atoms with Crippen LogP contribution in [0.3, 0.4) is 0 Å². The van der Waals surface area contributed by atoms with Crippen molar-refractivity contribution in [2.45, 2.75) is 103 Å². The van der Waals surface area contributed by atoms with Gasteiger partial charge in [-0.25, -0.2) is 0 Å². The maximum Gasteiger partial charge on any atom is 0.247 e. The molecule has 3 unspecified atom stereocenters. The number of fused-ring (bicyclic) bond motifs is 1. The zero-order valence-electron chi connectivity index (χ0n) is 30.0. The van der Waals surface area contributed by atoms with Gasteiger partial charge in [-0.3, -0.25) is 14.4 Å². The molecule has 3 aliphatic rings. The molecule has 47 heavy (non-hydrogen) atoms. The minimum Gasteiger partial charge on any atom is -0.494 e. The largest absolute Gasteiger partial charge is 0.494 e. The van der Waals surface area contributed by atoms with Crippen LogP contribution in [-0.2, 0) is 14.4 Å². The highest BCUT2D eigenvalue weighted by Gasteiger charge is 2.77. The Labute approximate surface area is 287 Å². The summed E-state index contributed by atoms with van der Waals surface area (Å²) in [5.41, 5.74) is 0.120. The van der Waals surface area contributed by atoms with Crippen molar-refractivity contribution in [2.75, 3.05) is 31.2 Å². The van der Waals surface area contributed by atoms with E-state index in [1.807, 2.05) is 49.9 Å². The summed E-state index contributed by atoms with van der Waals surface area (Å²) in [5, 5.41) is 10.6. The van der Waals surface area contributed by atoms with Crippen LogP contribution in [0.25, 0.3) is 0 Å². The predicted octanol–water partition coefficient (Wildman–Crippen LogP) is 6.19. The summed E-state index contributed by atoms with van der Waals surface area (Å²) in [6.45, 7) is 27.5. The molecule has 3 fully saturated rings. The molecule has 0 aliphatic carbocycles. The topological polar surface area (TPSA) is 90.4 Å². The number of aliphatic hydroxyl groups is 1. The Kier molecular flexibility index (Phi) is 11.0. The predicted molar refractivity (Wildman–Crippen MR) is 191 cm³/mol. The number of hydrogen-bond donors (Lipinski definition) is 1. The van der Waals surface area contributed by atoms with Crippen molar-refractivity contribution in [3.63, 3.8) is 0 Å². The van der Waals surface area contributed by atoms with E-state index in [2.05, 4.69) is 54.7 Å². The van der Waals surface area contributed by atoms with Crippen LogP contribution in [0.5, 0.6) is 5.75 Å². The highest BCUT2D eigenvalue weighted by atomic mass is 32.2. The average molecular weight is 668 g/mol. The van der Waals surface area contributed by atoms with Gasteiger partial charge in [0, 0.05) is 29.6 Å². The number of carbonyl (C=O) groups excluding carboxylic acids is 3. The molecule has 9 heteroatoms. The Morgan fingerprint density at radius 2 is 1.72 bits per heavy atom. The second-order valence-corrected chi connectivity index (χ2v) is 17.3. The van der Waals surface area contributed by atoms with Crippen LogP contribution in [0.15, 0.2) is 49.6 Å². The van der Waals surface area contributed by atoms with Gasteiger partial charge in [-0.05, 0) is 75.1 Å². The summed E-state index contributed by atoms with van der Waals surface area (Å²) in [7, 11) is 0. The van der Waals surface area contributed by atoms with Crippen molar-refractivity contribution in [3.8, 4) is 5.75 Å². The average Bonchev–Trinajstić information content (AvgIpc) is 3.57. The quantitative estimate of drug-likeness (QED) is 0.238. The summed E-state index contributed by atoms with van der Waals surface area (Å²) in [6, 6.07) is 6.04. The lowest BCUT2D eigenvalue weighted by Crippen LogP contribution is -2.63. The van der Waals surface area contributed by atoms with Crippen molar-refractivity contribution in [2.24, 2.45) is 29.1 Å². The SMILES string of the molecule is C=CCN(C(=O)[C@@H]1[C@H]2C(=O)N([C@@H](CO)C(C)C)C(C(=O)N(CC=C)C(C)(C)CC(C)(C)C)C23S[C@@H]1CC3C)c1ccc(OCC)cc1. The monoisotopic (exact) mass is 667 g/mol. The van der Waals surface area contributed by atoms with Gasteiger partial charge in [0.25, 0.3) is 0 Å². The van der Waals surface area contributed by atoms with Crippen molar-refractivity contribution in [1.82, 2.24) is 9.80 Å². The normalized spacial score (nSPS) is 27.5. The number of likely N-dealkylation sites (tertiary alicyclic amines) is 1. The fourth-order valence-electron chi connectivity index (χ4n) is 8.82. The van der Waals surface area contributed by atoms with E-state index in [4.69, 9.17) is 4.74 Å². The first kappa shape index (κ1) is 37.0. The minimum atomic E-state index is -0.820. The molecule has 2 bridgehead atoms. The lowest BCUT2D eigenvalue weighted by atomic mass is 9.65. The molecule has 260 valence electrons. The standard InChI is InChI=1S/C38H57N3O5S/c1-12-19-39(26-15-17-27(18-16-26)46-14-3)33(43)30-29-21-25(6)38(47-29)31(30)34(44)41(28(22-42)24(4)5)32(38)35(45)40(20-13-2)37(10,11)23-36(7,8)9/h12-13,15-18,24-25,28-32,42H,1-2,14,19-23H2,3-11H3/t25?,28-,29+,30-,31-,32?,38?/m0/s1. The van der Waals surface area contributed by atoms with Crippen molar-refractivity contribution >= 4 is 35.2 Å². The molecule has 1 aromatic rings. The Balaban J connectivity index is 1.85. The van der Waals surface area contributed by atoms with Gasteiger partial charge in [0.15, 0.2) is 0 Å². The van der Waals surface area contributed by atoms with Gasteiger partial charge in [-0.1, -0.05) is 53.7 Å². The first-order valence-corrected chi connectivity index (χ1v) is 18.1. The first-order valence-electron chi connectivity index (χ1n) is 17.2. The number of carbonyl (C=O) groups is 3. The lowest BCUT2D eigenvalue weighted by molar-refractivity contribution is -0.150. The van der Waals surface area contributed by atoms with E-state index in [0.29, 0.717) is 18.8 Å². The Morgan fingerprint density at radius 3 is 2.23 bits per heavy atom. The molecule has 0 radical (unpaired) electrons. The molecule has 7 atom stereocenters.